The van der Waals surface area contributed by atoms with Crippen LogP contribution < -0.4 is 11.1 Å². The number of aromatic nitrogens is 5. The zero-order chi connectivity index (χ0) is 29.6. The zero-order valence-corrected chi connectivity index (χ0v) is 24.3. The molecule has 1 aromatic carbocycles. The molecule has 11 nitrogen and oxygen atoms in total. The lowest BCUT2D eigenvalue weighted by Crippen LogP contribution is -2.40. The van der Waals surface area contributed by atoms with E-state index in [2.05, 4.69) is 27.2 Å². The number of likely N-dealkylation sites (tertiary alicyclic amines) is 1. The van der Waals surface area contributed by atoms with E-state index in [-0.39, 0.29) is 17.9 Å². The van der Waals surface area contributed by atoms with Crippen molar-refractivity contribution in [2.75, 3.05) is 44.8 Å². The van der Waals surface area contributed by atoms with E-state index in [1.54, 1.807) is 24.4 Å². The van der Waals surface area contributed by atoms with E-state index in [1.807, 2.05) is 58.9 Å². The Hall–Kier alpha value is -4.64. The van der Waals surface area contributed by atoms with Crippen molar-refractivity contribution in [2.45, 2.75) is 38.6 Å². The van der Waals surface area contributed by atoms with Crippen molar-refractivity contribution < 1.29 is 9.59 Å². The van der Waals surface area contributed by atoms with Gasteiger partial charge in [0.2, 0.25) is 5.91 Å². The van der Waals surface area contributed by atoms with Crippen molar-refractivity contribution in [3.05, 3.63) is 72.2 Å². The van der Waals surface area contributed by atoms with Crippen LogP contribution in [0.2, 0.25) is 0 Å². The number of nitrogen functional groups attached to an aromatic ring is 1. The molecular weight excluding hydrogens is 530 g/mol. The molecule has 42 heavy (non-hydrogen) atoms. The monoisotopic (exact) mass is 567 g/mol. The Morgan fingerprint density at radius 3 is 2.71 bits per heavy atom. The molecule has 0 saturated carbocycles. The second-order valence-corrected chi connectivity index (χ2v) is 10.8. The second kappa shape index (κ2) is 12.9. The molecule has 4 aromatic rings. The molecular formula is C31H37N9O2. The van der Waals surface area contributed by atoms with E-state index < -0.39 is 0 Å². The largest absolute Gasteiger partial charge is 0.383 e. The normalized spacial score (nSPS) is 15.5. The number of nitrogens with one attached hydrogen (secondary N) is 1. The van der Waals surface area contributed by atoms with Crippen molar-refractivity contribution in [1.29, 1.82) is 0 Å². The highest BCUT2D eigenvalue weighted by Crippen LogP contribution is 2.34. The summed E-state index contributed by atoms with van der Waals surface area (Å²) in [4.78, 5) is 42.7. The van der Waals surface area contributed by atoms with Crippen LogP contribution in [0.3, 0.4) is 0 Å². The number of benzene rings is 1. The third-order valence-electron chi connectivity index (χ3n) is 7.33. The Morgan fingerprint density at radius 1 is 1.14 bits per heavy atom. The highest BCUT2D eigenvalue weighted by Gasteiger charge is 2.28. The molecule has 1 aliphatic rings. The van der Waals surface area contributed by atoms with Gasteiger partial charge < -0.3 is 20.9 Å². The Morgan fingerprint density at radius 2 is 1.95 bits per heavy atom. The summed E-state index contributed by atoms with van der Waals surface area (Å²) in [6, 6.07) is 11.0. The van der Waals surface area contributed by atoms with E-state index in [1.165, 1.54) is 6.33 Å². The molecule has 4 heterocycles. The van der Waals surface area contributed by atoms with Gasteiger partial charge in [-0.2, -0.15) is 5.10 Å². The Labute approximate surface area is 245 Å². The number of nitrogens with two attached hydrogens (primary N) is 1. The fraction of sp³-hybridized carbons (Fsp3) is 0.355. The molecule has 2 amide bonds. The molecule has 0 bridgehead atoms. The number of anilines is 2. The van der Waals surface area contributed by atoms with Gasteiger partial charge in [-0.15, -0.1) is 0 Å². The van der Waals surface area contributed by atoms with E-state index in [0.29, 0.717) is 53.6 Å². The van der Waals surface area contributed by atoms with Crippen LogP contribution in [0.5, 0.6) is 0 Å². The van der Waals surface area contributed by atoms with E-state index in [9.17, 15) is 9.59 Å². The molecule has 3 N–H and O–H groups in total. The second-order valence-electron chi connectivity index (χ2n) is 10.8. The third kappa shape index (κ3) is 6.46. The van der Waals surface area contributed by atoms with Gasteiger partial charge in [-0.3, -0.25) is 9.59 Å². The van der Waals surface area contributed by atoms with Crippen LogP contribution in [0, 0.1) is 0 Å². The standard InChI is InChI=1S/C31H37N9O2/c1-4-7-21-14-15-33-25(18-21)36-31(42)23-12-10-22(11-13-23)28-27-29(32)34-20-35-30(27)40(37-28)24-8-5-17-39(19-24)26(41)9-6-16-38(2)3/h6,9-15,18,20,24H,4-5,7-8,16-17,19H2,1-3H3,(H2,32,34,35)(H,33,36,42)/b9-6+. The maximum atomic E-state index is 12.9. The average Bonchev–Trinajstić information content (AvgIpc) is 3.38. The summed E-state index contributed by atoms with van der Waals surface area (Å²) >= 11 is 0. The van der Waals surface area contributed by atoms with Crippen LogP contribution in [-0.2, 0) is 11.2 Å². The summed E-state index contributed by atoms with van der Waals surface area (Å²) in [5.74, 6) is 0.607. The van der Waals surface area contributed by atoms with E-state index >= 15 is 0 Å². The summed E-state index contributed by atoms with van der Waals surface area (Å²) < 4.78 is 1.88. The predicted molar refractivity (Wildman–Crippen MR) is 164 cm³/mol. The minimum absolute atomic E-state index is 0.00599. The smallest absolute Gasteiger partial charge is 0.256 e. The van der Waals surface area contributed by atoms with Crippen LogP contribution in [0.15, 0.2) is 61.1 Å². The Bertz CT molecular complexity index is 1590. The number of piperidine rings is 1. The lowest BCUT2D eigenvalue weighted by atomic mass is 10.1. The Balaban J connectivity index is 1.38. The molecule has 1 unspecified atom stereocenters. The highest BCUT2D eigenvalue weighted by molar-refractivity contribution is 6.04. The molecule has 0 spiro atoms. The molecule has 1 fully saturated rings. The molecule has 1 saturated heterocycles. The number of hydrogen-bond donors (Lipinski definition) is 2. The predicted octanol–water partition coefficient (Wildman–Crippen LogP) is 3.96. The molecule has 3 aromatic heterocycles. The first kappa shape index (κ1) is 28.9. The molecule has 0 aliphatic carbocycles. The first-order valence-corrected chi connectivity index (χ1v) is 14.3. The van der Waals surface area contributed by atoms with Gasteiger partial charge >= 0.3 is 0 Å². The number of fused-ring (bicyclic) bond motifs is 1. The highest BCUT2D eigenvalue weighted by atomic mass is 16.2. The minimum Gasteiger partial charge on any atom is -0.383 e. The maximum absolute atomic E-state index is 12.9. The first-order valence-electron chi connectivity index (χ1n) is 14.3. The topological polar surface area (TPSA) is 135 Å². The minimum atomic E-state index is -0.243. The summed E-state index contributed by atoms with van der Waals surface area (Å²) in [6.07, 6.45) is 10.3. The van der Waals surface area contributed by atoms with Gasteiger partial charge in [0.15, 0.2) is 5.65 Å². The fourth-order valence-corrected chi connectivity index (χ4v) is 5.23. The van der Waals surface area contributed by atoms with Crippen molar-refractivity contribution in [3.8, 4) is 11.3 Å². The molecule has 0 radical (unpaired) electrons. The van der Waals surface area contributed by atoms with Crippen LogP contribution in [0.4, 0.5) is 11.6 Å². The number of rotatable bonds is 9. The summed E-state index contributed by atoms with van der Waals surface area (Å²) in [5, 5.41) is 8.49. The number of nitrogens with zero attached hydrogens (tertiary/aromatic N) is 7. The van der Waals surface area contributed by atoms with Gasteiger partial charge in [0.1, 0.15) is 23.7 Å². The van der Waals surface area contributed by atoms with Crippen molar-refractivity contribution in [3.63, 3.8) is 0 Å². The number of likely N-dealkylation sites (N-methyl/N-ethyl adjacent to an activating group) is 1. The van der Waals surface area contributed by atoms with Crippen molar-refractivity contribution in [2.24, 2.45) is 0 Å². The third-order valence-corrected chi connectivity index (χ3v) is 7.33. The van der Waals surface area contributed by atoms with Gasteiger partial charge in [-0.05, 0) is 63.2 Å². The number of pyridine rings is 1. The van der Waals surface area contributed by atoms with Crippen LogP contribution >= 0.6 is 0 Å². The molecule has 218 valence electrons. The van der Waals surface area contributed by atoms with Gasteiger partial charge in [-0.1, -0.05) is 31.6 Å². The van der Waals surface area contributed by atoms with Gasteiger partial charge in [-0.25, -0.2) is 19.6 Å². The lowest BCUT2D eigenvalue weighted by molar-refractivity contribution is -0.127. The molecule has 1 aliphatic heterocycles. The first-order chi connectivity index (χ1) is 20.3. The number of carbonyl (C=O) groups is 2. The maximum Gasteiger partial charge on any atom is 0.256 e. The summed E-state index contributed by atoms with van der Waals surface area (Å²) in [7, 11) is 3.93. The SMILES string of the molecule is CCCc1ccnc(NC(=O)c2ccc(-c3nn(C4CCCN(C(=O)/C=C/CN(C)C)C4)c4ncnc(N)c34)cc2)c1. The van der Waals surface area contributed by atoms with Gasteiger partial charge in [0.05, 0.1) is 11.4 Å². The van der Waals surface area contributed by atoms with Crippen molar-refractivity contribution >= 4 is 34.5 Å². The number of amides is 2. The van der Waals surface area contributed by atoms with E-state index in [4.69, 9.17) is 10.8 Å². The average molecular weight is 568 g/mol. The molecule has 5 rings (SSSR count). The molecule has 1 atom stereocenters. The quantitative estimate of drug-likeness (QED) is 0.290. The zero-order valence-electron chi connectivity index (χ0n) is 24.3. The summed E-state index contributed by atoms with van der Waals surface area (Å²) in [6.45, 7) is 4.05. The van der Waals surface area contributed by atoms with Crippen LogP contribution in [0.1, 0.15) is 48.1 Å². The number of carbonyl (C=O) groups excluding carboxylic acids is 2. The molecule has 11 heteroatoms. The Kier molecular flexibility index (Phi) is 8.87. The van der Waals surface area contributed by atoms with Crippen LogP contribution in [0.25, 0.3) is 22.3 Å². The summed E-state index contributed by atoms with van der Waals surface area (Å²) in [5.41, 5.74) is 10.0. The number of hydrogen-bond acceptors (Lipinski definition) is 8. The fourth-order valence-electron chi connectivity index (χ4n) is 5.23. The van der Waals surface area contributed by atoms with Gasteiger partial charge in [0.25, 0.3) is 5.91 Å². The van der Waals surface area contributed by atoms with Gasteiger partial charge in [0, 0.05) is 43.0 Å². The van der Waals surface area contributed by atoms with Crippen molar-refractivity contribution in [1.82, 2.24) is 34.5 Å². The lowest BCUT2D eigenvalue weighted by Gasteiger charge is -2.32. The van der Waals surface area contributed by atoms with E-state index in [0.717, 1.165) is 36.8 Å². The van der Waals surface area contributed by atoms with Crippen LogP contribution in [-0.4, -0.2) is 80.1 Å². The number of aryl methyl sites for hydroxylation is 1.